The van der Waals surface area contributed by atoms with Gasteiger partial charge in [0, 0.05) is 18.8 Å². The molecule has 1 heterocycles. The van der Waals surface area contributed by atoms with Gasteiger partial charge in [-0.05, 0) is 48.6 Å². The van der Waals surface area contributed by atoms with Crippen LogP contribution in [-0.2, 0) is 13.0 Å². The second-order valence-corrected chi connectivity index (χ2v) is 5.61. The number of carbonyl (C=O) groups is 1. The Hall–Kier alpha value is -2.29. The number of fused-ring (bicyclic) bond motifs is 1. The number of benzene rings is 2. The Labute approximate surface area is 124 Å². The summed E-state index contributed by atoms with van der Waals surface area (Å²) in [4.78, 5) is 13.5. The van der Waals surface area contributed by atoms with Gasteiger partial charge in [-0.1, -0.05) is 30.3 Å². The first kappa shape index (κ1) is 13.7. The van der Waals surface area contributed by atoms with Crippen molar-refractivity contribution in [3.05, 3.63) is 64.7 Å². The summed E-state index contributed by atoms with van der Waals surface area (Å²) in [5.41, 5.74) is 5.09. The topological polar surface area (TPSA) is 40.5 Å². The third kappa shape index (κ3) is 2.77. The number of aryl methyl sites for hydroxylation is 2. The molecule has 0 aliphatic carbocycles. The van der Waals surface area contributed by atoms with E-state index in [1.807, 2.05) is 19.1 Å². The highest BCUT2D eigenvalue weighted by molar-refractivity contribution is 5.89. The van der Waals surface area contributed by atoms with Crippen LogP contribution in [0.15, 0.2) is 42.5 Å². The molecule has 0 unspecified atom stereocenters. The molecule has 3 heteroatoms. The number of carboxylic acid groups (broad SMARTS) is 1. The summed E-state index contributed by atoms with van der Waals surface area (Å²) in [6.07, 6.45) is 2.31. The normalized spacial score (nSPS) is 13.9. The van der Waals surface area contributed by atoms with Crippen molar-refractivity contribution in [2.45, 2.75) is 26.3 Å². The molecule has 21 heavy (non-hydrogen) atoms. The molecule has 3 rings (SSSR count). The largest absolute Gasteiger partial charge is 0.478 e. The molecule has 108 valence electrons. The van der Waals surface area contributed by atoms with Crippen molar-refractivity contribution in [1.82, 2.24) is 0 Å². The van der Waals surface area contributed by atoms with Crippen LogP contribution in [-0.4, -0.2) is 17.6 Å². The molecule has 0 spiro atoms. The van der Waals surface area contributed by atoms with Crippen LogP contribution in [0.5, 0.6) is 0 Å². The lowest BCUT2D eigenvalue weighted by atomic mass is 10.00. The Morgan fingerprint density at radius 3 is 2.81 bits per heavy atom. The molecule has 0 aromatic heterocycles. The predicted molar refractivity (Wildman–Crippen MR) is 84.0 cm³/mol. The number of para-hydroxylation sites is 1. The zero-order valence-electron chi connectivity index (χ0n) is 12.2. The lowest BCUT2D eigenvalue weighted by Gasteiger charge is -2.31. The van der Waals surface area contributed by atoms with Gasteiger partial charge >= 0.3 is 5.97 Å². The molecule has 0 amide bonds. The fraction of sp³-hybridized carbons (Fsp3) is 0.278. The highest BCUT2D eigenvalue weighted by atomic mass is 16.4. The number of hydrogen-bond acceptors (Lipinski definition) is 2. The van der Waals surface area contributed by atoms with Gasteiger partial charge in [-0.2, -0.15) is 0 Å². The predicted octanol–water partition coefficient (Wildman–Crippen LogP) is 3.65. The monoisotopic (exact) mass is 281 g/mol. The highest BCUT2D eigenvalue weighted by Gasteiger charge is 2.16. The van der Waals surface area contributed by atoms with E-state index in [0.29, 0.717) is 5.56 Å². The van der Waals surface area contributed by atoms with Crippen molar-refractivity contribution in [3.8, 4) is 0 Å². The van der Waals surface area contributed by atoms with Gasteiger partial charge in [0.2, 0.25) is 0 Å². The number of hydrogen-bond donors (Lipinski definition) is 1. The fourth-order valence-corrected chi connectivity index (χ4v) is 3.06. The van der Waals surface area contributed by atoms with Crippen LogP contribution in [0.2, 0.25) is 0 Å². The SMILES string of the molecule is Cc1cc(CN2CCCc3ccccc32)ccc1C(=O)O. The van der Waals surface area contributed by atoms with E-state index in [1.165, 1.54) is 17.7 Å². The molecule has 3 nitrogen and oxygen atoms in total. The van der Waals surface area contributed by atoms with E-state index in [1.54, 1.807) is 6.07 Å². The molecule has 1 N–H and O–H groups in total. The minimum atomic E-state index is -0.859. The molecule has 0 fully saturated rings. The van der Waals surface area contributed by atoms with Gasteiger partial charge in [-0.15, -0.1) is 0 Å². The summed E-state index contributed by atoms with van der Waals surface area (Å²) in [5.74, 6) is -0.859. The number of rotatable bonds is 3. The van der Waals surface area contributed by atoms with Crippen LogP contribution >= 0.6 is 0 Å². The molecule has 0 radical (unpaired) electrons. The third-order valence-electron chi connectivity index (χ3n) is 4.10. The Bertz CT molecular complexity index is 679. The van der Waals surface area contributed by atoms with Gasteiger partial charge in [0.15, 0.2) is 0 Å². The van der Waals surface area contributed by atoms with Crippen molar-refractivity contribution >= 4 is 11.7 Å². The molecule has 2 aromatic rings. The molecule has 0 saturated heterocycles. The molecule has 1 aliphatic rings. The Kier molecular flexibility index (Phi) is 3.65. The second-order valence-electron chi connectivity index (χ2n) is 5.61. The summed E-state index contributed by atoms with van der Waals surface area (Å²) in [7, 11) is 0. The van der Waals surface area contributed by atoms with E-state index in [9.17, 15) is 4.79 Å². The van der Waals surface area contributed by atoms with Gasteiger partial charge in [0.1, 0.15) is 0 Å². The first-order valence-electron chi connectivity index (χ1n) is 7.31. The van der Waals surface area contributed by atoms with Crippen LogP contribution in [0.1, 0.15) is 33.5 Å². The molecule has 0 saturated carbocycles. The van der Waals surface area contributed by atoms with Crippen molar-refractivity contribution in [2.75, 3.05) is 11.4 Å². The Morgan fingerprint density at radius 2 is 2.05 bits per heavy atom. The number of carboxylic acids is 1. The zero-order chi connectivity index (χ0) is 14.8. The van der Waals surface area contributed by atoms with Crippen LogP contribution in [0.4, 0.5) is 5.69 Å². The van der Waals surface area contributed by atoms with E-state index in [0.717, 1.165) is 30.6 Å². The lowest BCUT2D eigenvalue weighted by Crippen LogP contribution is -2.28. The Balaban J connectivity index is 1.85. The second kappa shape index (κ2) is 5.60. The number of nitrogens with zero attached hydrogens (tertiary/aromatic N) is 1. The van der Waals surface area contributed by atoms with E-state index in [4.69, 9.17) is 5.11 Å². The Morgan fingerprint density at radius 1 is 1.24 bits per heavy atom. The van der Waals surface area contributed by atoms with E-state index in [-0.39, 0.29) is 0 Å². The smallest absolute Gasteiger partial charge is 0.335 e. The summed E-state index contributed by atoms with van der Waals surface area (Å²) in [6, 6.07) is 14.2. The molecular weight excluding hydrogens is 262 g/mol. The summed E-state index contributed by atoms with van der Waals surface area (Å²) in [6.45, 7) is 3.74. The van der Waals surface area contributed by atoms with E-state index in [2.05, 4.69) is 29.2 Å². The van der Waals surface area contributed by atoms with Crippen LogP contribution in [0.3, 0.4) is 0 Å². The van der Waals surface area contributed by atoms with Crippen LogP contribution < -0.4 is 4.90 Å². The first-order chi connectivity index (χ1) is 10.1. The molecule has 0 atom stereocenters. The van der Waals surface area contributed by atoms with Crippen molar-refractivity contribution < 1.29 is 9.90 Å². The maximum atomic E-state index is 11.1. The van der Waals surface area contributed by atoms with Crippen LogP contribution in [0.25, 0.3) is 0 Å². The zero-order valence-corrected chi connectivity index (χ0v) is 12.2. The quantitative estimate of drug-likeness (QED) is 0.933. The van der Waals surface area contributed by atoms with Gasteiger partial charge in [0.25, 0.3) is 0 Å². The fourth-order valence-electron chi connectivity index (χ4n) is 3.06. The summed E-state index contributed by atoms with van der Waals surface area (Å²) >= 11 is 0. The number of anilines is 1. The maximum Gasteiger partial charge on any atom is 0.335 e. The number of aromatic carboxylic acids is 1. The average molecular weight is 281 g/mol. The third-order valence-corrected chi connectivity index (χ3v) is 4.10. The van der Waals surface area contributed by atoms with E-state index < -0.39 is 5.97 Å². The highest BCUT2D eigenvalue weighted by Crippen LogP contribution is 2.28. The summed E-state index contributed by atoms with van der Waals surface area (Å²) < 4.78 is 0. The maximum absolute atomic E-state index is 11.1. The van der Waals surface area contributed by atoms with Crippen molar-refractivity contribution in [3.63, 3.8) is 0 Å². The minimum Gasteiger partial charge on any atom is -0.478 e. The molecular formula is C18H19NO2. The lowest BCUT2D eigenvalue weighted by molar-refractivity contribution is 0.0696. The summed E-state index contributed by atoms with van der Waals surface area (Å²) in [5, 5.41) is 9.10. The molecule has 1 aliphatic heterocycles. The van der Waals surface area contributed by atoms with Gasteiger partial charge in [0.05, 0.1) is 5.56 Å². The standard InChI is InChI=1S/C18H19NO2/c1-13-11-14(8-9-16(13)18(20)21)12-19-10-4-6-15-5-2-3-7-17(15)19/h2-3,5,7-9,11H,4,6,10,12H2,1H3,(H,20,21). The van der Waals surface area contributed by atoms with Gasteiger partial charge < -0.3 is 10.0 Å². The molecule has 2 aromatic carbocycles. The average Bonchev–Trinajstić information content (AvgIpc) is 2.47. The van der Waals surface area contributed by atoms with Crippen molar-refractivity contribution in [2.24, 2.45) is 0 Å². The molecule has 0 bridgehead atoms. The van der Waals surface area contributed by atoms with Crippen LogP contribution in [0, 0.1) is 6.92 Å². The van der Waals surface area contributed by atoms with Crippen molar-refractivity contribution in [1.29, 1.82) is 0 Å². The van der Waals surface area contributed by atoms with E-state index >= 15 is 0 Å². The minimum absolute atomic E-state index is 0.387. The van der Waals surface area contributed by atoms with Gasteiger partial charge in [-0.3, -0.25) is 0 Å². The van der Waals surface area contributed by atoms with Gasteiger partial charge in [-0.25, -0.2) is 4.79 Å². The first-order valence-corrected chi connectivity index (χ1v) is 7.31.